The van der Waals surface area contributed by atoms with E-state index < -0.39 is 11.8 Å². The van der Waals surface area contributed by atoms with Gasteiger partial charge in [0.25, 0.3) is 0 Å². The molecular formula is C25H24F3N7OS. The number of fused-ring (bicyclic) bond motifs is 3. The summed E-state index contributed by atoms with van der Waals surface area (Å²) in [6, 6.07) is 8.50. The fourth-order valence-corrected chi connectivity index (χ4v) is 5.89. The van der Waals surface area contributed by atoms with Crippen LogP contribution in [-0.2, 0) is 5.60 Å². The van der Waals surface area contributed by atoms with Gasteiger partial charge in [-0.25, -0.2) is 15.0 Å². The summed E-state index contributed by atoms with van der Waals surface area (Å²) in [5.41, 5.74) is -2.07. The van der Waals surface area contributed by atoms with Crippen LogP contribution in [-0.4, -0.2) is 68.3 Å². The summed E-state index contributed by atoms with van der Waals surface area (Å²) in [5.74, 6) is 1.93. The molecule has 0 saturated carbocycles. The number of nitrogens with zero attached hydrogens (tertiary/aromatic N) is 6. The van der Waals surface area contributed by atoms with Gasteiger partial charge in [0.2, 0.25) is 0 Å². The SMILES string of the molecule is CN1C[C@@H]2C[C@H]1CN2c1cncc(Nc2cc3nc(-c4cccc(C(C)(O)C(F)(F)F)c4)sc3cn2)n1. The number of hydrogen-bond donors (Lipinski definition) is 2. The van der Waals surface area contributed by atoms with Crippen molar-refractivity contribution in [3.63, 3.8) is 0 Å². The Kier molecular flexibility index (Phi) is 5.58. The fraction of sp³-hybridized carbons (Fsp3) is 0.360. The highest BCUT2D eigenvalue weighted by atomic mass is 32.1. The predicted molar refractivity (Wildman–Crippen MR) is 136 cm³/mol. The summed E-state index contributed by atoms with van der Waals surface area (Å²) in [6.45, 7) is 2.70. The van der Waals surface area contributed by atoms with E-state index in [-0.39, 0.29) is 5.56 Å². The molecular weight excluding hydrogens is 503 g/mol. The average Bonchev–Trinajstić information content (AvgIpc) is 3.57. The monoisotopic (exact) mass is 527 g/mol. The standard InChI is InChI=1S/C25H24F3N7OS/c1-24(36,25(26,27)28)15-5-3-4-14(6-15)23-31-18-8-20(30-9-19(18)37-23)32-21-10-29-11-22(33-21)35-13-16-7-17(35)12-34(16)2/h3-6,8-11,16-17,36H,7,12-13H2,1-2H3,(H,30,32,33)/t16-,17-,24?/m0/s1. The second-order valence-electron chi connectivity index (χ2n) is 9.73. The lowest BCUT2D eigenvalue weighted by molar-refractivity contribution is -0.258. The smallest absolute Gasteiger partial charge is 0.376 e. The van der Waals surface area contributed by atoms with Crippen molar-refractivity contribution in [1.29, 1.82) is 0 Å². The van der Waals surface area contributed by atoms with Crippen LogP contribution >= 0.6 is 11.3 Å². The second-order valence-corrected chi connectivity index (χ2v) is 10.8. The minimum atomic E-state index is -4.80. The van der Waals surface area contributed by atoms with Crippen LogP contribution in [0.1, 0.15) is 18.9 Å². The quantitative estimate of drug-likeness (QED) is 0.391. The highest BCUT2D eigenvalue weighted by molar-refractivity contribution is 7.21. The van der Waals surface area contributed by atoms with Gasteiger partial charge in [0.1, 0.15) is 16.6 Å². The number of anilines is 3. The number of aromatic nitrogens is 4. The molecule has 2 N–H and O–H groups in total. The molecule has 0 spiro atoms. The molecule has 0 radical (unpaired) electrons. The number of rotatable bonds is 5. The molecule has 37 heavy (non-hydrogen) atoms. The molecule has 3 aromatic heterocycles. The Bertz CT molecular complexity index is 1470. The molecule has 2 fully saturated rings. The number of nitrogens with one attached hydrogen (secondary N) is 1. The number of hydrogen-bond acceptors (Lipinski definition) is 9. The first kappa shape index (κ1) is 24.0. The highest BCUT2D eigenvalue weighted by Crippen LogP contribution is 2.40. The van der Waals surface area contributed by atoms with Gasteiger partial charge in [-0.15, -0.1) is 11.3 Å². The van der Waals surface area contributed by atoms with Crippen LogP contribution in [0, 0.1) is 0 Å². The molecule has 6 rings (SSSR count). The fourth-order valence-electron chi connectivity index (χ4n) is 4.98. The van der Waals surface area contributed by atoms with Crippen molar-refractivity contribution >= 4 is 39.0 Å². The van der Waals surface area contributed by atoms with Crippen molar-refractivity contribution in [3.8, 4) is 10.6 Å². The maximum Gasteiger partial charge on any atom is 0.421 e. The topological polar surface area (TPSA) is 90.3 Å². The molecule has 12 heteroatoms. The Labute approximate surface area is 214 Å². The number of thiazole rings is 1. The molecule has 1 unspecified atom stereocenters. The third-order valence-corrected chi connectivity index (χ3v) is 8.24. The Morgan fingerprint density at radius 1 is 1.05 bits per heavy atom. The molecule has 2 saturated heterocycles. The zero-order chi connectivity index (χ0) is 25.9. The predicted octanol–water partition coefficient (Wildman–Crippen LogP) is 4.55. The van der Waals surface area contributed by atoms with E-state index in [0.29, 0.717) is 39.8 Å². The van der Waals surface area contributed by atoms with Crippen LogP contribution in [0.25, 0.3) is 20.8 Å². The van der Waals surface area contributed by atoms with Gasteiger partial charge in [0.05, 0.1) is 22.6 Å². The maximum atomic E-state index is 13.3. The number of likely N-dealkylation sites (tertiary alicyclic amines) is 1. The van der Waals surface area contributed by atoms with E-state index in [1.807, 2.05) is 0 Å². The summed E-state index contributed by atoms with van der Waals surface area (Å²) in [7, 11) is 2.15. The number of aliphatic hydroxyl groups is 1. The number of likely N-dealkylation sites (N-methyl/N-ethyl adjacent to an activating group) is 1. The summed E-state index contributed by atoms with van der Waals surface area (Å²) in [4.78, 5) is 22.8. The van der Waals surface area contributed by atoms with Crippen molar-refractivity contribution < 1.29 is 18.3 Å². The Morgan fingerprint density at radius 2 is 1.89 bits per heavy atom. The van der Waals surface area contributed by atoms with E-state index in [0.717, 1.165) is 37.0 Å². The third kappa shape index (κ3) is 4.28. The second kappa shape index (κ2) is 8.61. The zero-order valence-electron chi connectivity index (χ0n) is 20.1. The molecule has 0 aliphatic carbocycles. The molecule has 1 aromatic carbocycles. The third-order valence-electron chi connectivity index (χ3n) is 7.19. The van der Waals surface area contributed by atoms with E-state index in [2.05, 4.69) is 37.1 Å². The molecule has 2 aliphatic heterocycles. The van der Waals surface area contributed by atoms with Crippen molar-refractivity contribution in [2.24, 2.45) is 0 Å². The van der Waals surface area contributed by atoms with Gasteiger partial charge < -0.3 is 15.3 Å². The van der Waals surface area contributed by atoms with Crippen molar-refractivity contribution in [3.05, 3.63) is 54.5 Å². The normalized spacial score (nSPS) is 21.5. The van der Waals surface area contributed by atoms with E-state index >= 15 is 0 Å². The summed E-state index contributed by atoms with van der Waals surface area (Å²) < 4.78 is 40.7. The highest BCUT2D eigenvalue weighted by Gasteiger charge is 2.51. The van der Waals surface area contributed by atoms with Gasteiger partial charge in [0, 0.05) is 43.0 Å². The average molecular weight is 528 g/mol. The van der Waals surface area contributed by atoms with Crippen LogP contribution in [0.5, 0.6) is 0 Å². The Morgan fingerprint density at radius 3 is 2.62 bits per heavy atom. The summed E-state index contributed by atoms with van der Waals surface area (Å²) in [5, 5.41) is 13.8. The molecule has 2 aliphatic rings. The Hall–Kier alpha value is -3.35. The van der Waals surface area contributed by atoms with Crippen LogP contribution in [0.15, 0.2) is 48.9 Å². The number of halogens is 3. The number of pyridine rings is 1. The maximum absolute atomic E-state index is 13.3. The molecule has 0 amide bonds. The van der Waals surface area contributed by atoms with Crippen LogP contribution < -0.4 is 10.2 Å². The van der Waals surface area contributed by atoms with E-state index in [4.69, 9.17) is 4.98 Å². The van der Waals surface area contributed by atoms with Crippen LogP contribution in [0.4, 0.5) is 30.6 Å². The first-order chi connectivity index (χ1) is 17.6. The summed E-state index contributed by atoms with van der Waals surface area (Å²) >= 11 is 1.32. The lowest BCUT2D eigenvalue weighted by Crippen LogP contribution is -2.44. The number of alkyl halides is 3. The van der Waals surface area contributed by atoms with Gasteiger partial charge >= 0.3 is 6.18 Å². The van der Waals surface area contributed by atoms with Gasteiger partial charge in [-0.3, -0.25) is 9.88 Å². The molecule has 4 aromatic rings. The van der Waals surface area contributed by atoms with Gasteiger partial charge in [-0.05, 0) is 32.0 Å². The molecule has 3 atom stereocenters. The summed E-state index contributed by atoms with van der Waals surface area (Å²) in [6.07, 6.45) is 1.42. The van der Waals surface area contributed by atoms with Crippen molar-refractivity contribution in [2.45, 2.75) is 37.2 Å². The lowest BCUT2D eigenvalue weighted by atomic mass is 9.94. The van der Waals surface area contributed by atoms with Crippen LogP contribution in [0.3, 0.4) is 0 Å². The minimum absolute atomic E-state index is 0.242. The first-order valence-corrected chi connectivity index (χ1v) is 12.6. The first-order valence-electron chi connectivity index (χ1n) is 11.8. The molecule has 5 heterocycles. The van der Waals surface area contributed by atoms with Gasteiger partial charge in [0.15, 0.2) is 11.4 Å². The zero-order valence-corrected chi connectivity index (χ0v) is 20.9. The van der Waals surface area contributed by atoms with E-state index in [9.17, 15) is 18.3 Å². The minimum Gasteiger partial charge on any atom is -0.376 e. The molecule has 2 bridgehead atoms. The Balaban J connectivity index is 1.24. The molecule has 192 valence electrons. The van der Waals surface area contributed by atoms with Gasteiger partial charge in [-0.2, -0.15) is 13.2 Å². The number of benzene rings is 1. The number of piperazine rings is 1. The largest absolute Gasteiger partial charge is 0.421 e. The lowest BCUT2D eigenvalue weighted by Gasteiger charge is -2.32. The van der Waals surface area contributed by atoms with E-state index in [1.54, 1.807) is 30.7 Å². The van der Waals surface area contributed by atoms with Crippen LogP contribution in [0.2, 0.25) is 0 Å². The van der Waals surface area contributed by atoms with Crippen molar-refractivity contribution in [2.75, 3.05) is 30.4 Å². The molecule has 8 nitrogen and oxygen atoms in total. The van der Waals surface area contributed by atoms with Crippen molar-refractivity contribution in [1.82, 2.24) is 24.8 Å². The van der Waals surface area contributed by atoms with Gasteiger partial charge in [-0.1, -0.05) is 18.2 Å². The van der Waals surface area contributed by atoms with E-state index in [1.165, 1.54) is 29.5 Å².